The fourth-order valence-corrected chi connectivity index (χ4v) is 2.41. The zero-order valence-corrected chi connectivity index (χ0v) is 13.3. The number of benzene rings is 1. The maximum absolute atomic E-state index is 12.4. The van der Waals surface area contributed by atoms with E-state index in [2.05, 4.69) is 11.2 Å². The maximum Gasteiger partial charge on any atom is 0.248 e. The minimum absolute atomic E-state index is 0.0208. The Morgan fingerprint density at radius 1 is 1.29 bits per heavy atom. The van der Waals surface area contributed by atoms with Crippen molar-refractivity contribution in [3.8, 4) is 0 Å². The van der Waals surface area contributed by atoms with Crippen LogP contribution in [0.3, 0.4) is 0 Å². The fraction of sp³-hybridized carbons (Fsp3) is 0.375. The van der Waals surface area contributed by atoms with Gasteiger partial charge in [-0.3, -0.25) is 9.48 Å². The molecular formula is C16H22N4O. The third-order valence-electron chi connectivity index (χ3n) is 3.81. The highest BCUT2D eigenvalue weighted by Gasteiger charge is 2.16. The zero-order chi connectivity index (χ0) is 15.7. The van der Waals surface area contributed by atoms with Crippen LogP contribution >= 0.6 is 0 Å². The first-order chi connectivity index (χ1) is 9.81. The van der Waals surface area contributed by atoms with Crippen molar-refractivity contribution in [2.75, 3.05) is 17.7 Å². The predicted octanol–water partition coefficient (Wildman–Crippen LogP) is 2.36. The van der Waals surface area contributed by atoms with Gasteiger partial charge in [-0.2, -0.15) is 5.10 Å². The van der Waals surface area contributed by atoms with Crippen molar-refractivity contribution in [3.05, 3.63) is 40.7 Å². The van der Waals surface area contributed by atoms with Gasteiger partial charge in [0.25, 0.3) is 0 Å². The molecule has 0 atom stereocenters. The molecule has 1 heterocycles. The lowest BCUT2D eigenvalue weighted by atomic mass is 10.1. The van der Waals surface area contributed by atoms with Crippen LogP contribution in [0.25, 0.3) is 0 Å². The minimum Gasteiger partial charge on any atom is -0.396 e. The van der Waals surface area contributed by atoms with Gasteiger partial charge in [0, 0.05) is 12.7 Å². The SMILES string of the molecule is Cc1ccc(N(C)C(=O)Cn2nc(C)c(N)c2C)c(C)c1. The summed E-state index contributed by atoms with van der Waals surface area (Å²) in [5.74, 6) is -0.0208. The molecule has 0 aliphatic heterocycles. The van der Waals surface area contributed by atoms with Gasteiger partial charge in [0.05, 0.1) is 17.1 Å². The van der Waals surface area contributed by atoms with Crippen molar-refractivity contribution in [1.82, 2.24) is 9.78 Å². The number of nitrogen functional groups attached to an aromatic ring is 1. The molecular weight excluding hydrogens is 264 g/mol. The molecule has 0 saturated heterocycles. The van der Waals surface area contributed by atoms with Crippen molar-refractivity contribution >= 4 is 17.3 Å². The smallest absolute Gasteiger partial charge is 0.248 e. The molecule has 1 amide bonds. The summed E-state index contributed by atoms with van der Waals surface area (Å²) in [6.45, 7) is 7.95. The van der Waals surface area contributed by atoms with Crippen molar-refractivity contribution in [3.63, 3.8) is 0 Å². The summed E-state index contributed by atoms with van der Waals surface area (Å²) in [5, 5.41) is 4.31. The van der Waals surface area contributed by atoms with E-state index in [4.69, 9.17) is 5.73 Å². The molecule has 5 nitrogen and oxygen atoms in total. The summed E-state index contributed by atoms with van der Waals surface area (Å²) in [6, 6.07) is 6.05. The Hall–Kier alpha value is -2.30. The van der Waals surface area contributed by atoms with E-state index in [0.717, 1.165) is 22.6 Å². The number of carbonyl (C=O) groups excluding carboxylic acids is 1. The first kappa shape index (κ1) is 15.1. The number of rotatable bonds is 3. The molecule has 5 heteroatoms. The minimum atomic E-state index is -0.0208. The lowest BCUT2D eigenvalue weighted by Crippen LogP contribution is -2.31. The van der Waals surface area contributed by atoms with Crippen molar-refractivity contribution in [1.29, 1.82) is 0 Å². The number of aryl methyl sites for hydroxylation is 3. The Balaban J connectivity index is 2.21. The molecule has 0 saturated carbocycles. The van der Waals surface area contributed by atoms with Crippen LogP contribution < -0.4 is 10.6 Å². The van der Waals surface area contributed by atoms with Gasteiger partial charge in [-0.05, 0) is 39.3 Å². The summed E-state index contributed by atoms with van der Waals surface area (Å²) in [6.07, 6.45) is 0. The molecule has 0 aliphatic rings. The molecule has 2 N–H and O–H groups in total. The van der Waals surface area contributed by atoms with Gasteiger partial charge in [-0.15, -0.1) is 0 Å². The van der Waals surface area contributed by atoms with Gasteiger partial charge >= 0.3 is 0 Å². The molecule has 2 aromatic rings. The number of carbonyl (C=O) groups is 1. The van der Waals surface area contributed by atoms with Crippen molar-refractivity contribution < 1.29 is 4.79 Å². The van der Waals surface area contributed by atoms with Crippen LogP contribution in [0.15, 0.2) is 18.2 Å². The Kier molecular flexibility index (Phi) is 4.02. The molecule has 0 unspecified atom stereocenters. The summed E-state index contributed by atoms with van der Waals surface area (Å²) in [7, 11) is 1.79. The number of nitrogens with zero attached hydrogens (tertiary/aromatic N) is 3. The largest absolute Gasteiger partial charge is 0.396 e. The first-order valence-electron chi connectivity index (χ1n) is 6.94. The van der Waals surface area contributed by atoms with Gasteiger partial charge < -0.3 is 10.6 Å². The van der Waals surface area contributed by atoms with E-state index in [1.807, 2.05) is 39.8 Å². The number of hydrogen-bond donors (Lipinski definition) is 1. The molecule has 0 fully saturated rings. The van der Waals surface area contributed by atoms with E-state index in [1.54, 1.807) is 16.6 Å². The maximum atomic E-state index is 12.4. The normalized spacial score (nSPS) is 10.7. The molecule has 0 bridgehead atoms. The highest BCUT2D eigenvalue weighted by Crippen LogP contribution is 2.21. The van der Waals surface area contributed by atoms with Crippen molar-refractivity contribution in [2.45, 2.75) is 34.2 Å². The first-order valence-corrected chi connectivity index (χ1v) is 6.94. The second-order valence-electron chi connectivity index (χ2n) is 5.48. The predicted molar refractivity (Wildman–Crippen MR) is 85.4 cm³/mol. The van der Waals surface area contributed by atoms with E-state index in [9.17, 15) is 4.79 Å². The van der Waals surface area contributed by atoms with Crippen LogP contribution in [0.1, 0.15) is 22.5 Å². The highest BCUT2D eigenvalue weighted by atomic mass is 16.2. The molecule has 0 spiro atoms. The lowest BCUT2D eigenvalue weighted by molar-refractivity contribution is -0.119. The quantitative estimate of drug-likeness (QED) is 0.942. The Morgan fingerprint density at radius 2 is 1.95 bits per heavy atom. The van der Waals surface area contributed by atoms with Gasteiger partial charge in [0.2, 0.25) is 5.91 Å². The Morgan fingerprint density at radius 3 is 2.48 bits per heavy atom. The second kappa shape index (κ2) is 5.60. The second-order valence-corrected chi connectivity index (χ2v) is 5.48. The van der Waals surface area contributed by atoms with E-state index in [1.165, 1.54) is 5.56 Å². The summed E-state index contributed by atoms with van der Waals surface area (Å²) in [5.41, 5.74) is 11.3. The zero-order valence-electron chi connectivity index (χ0n) is 13.3. The average Bonchev–Trinajstić information content (AvgIpc) is 2.65. The lowest BCUT2D eigenvalue weighted by Gasteiger charge is -2.20. The number of amides is 1. The van der Waals surface area contributed by atoms with E-state index < -0.39 is 0 Å². The third-order valence-corrected chi connectivity index (χ3v) is 3.81. The molecule has 1 aromatic heterocycles. The third kappa shape index (κ3) is 2.91. The van der Waals surface area contributed by atoms with Gasteiger partial charge in [-0.1, -0.05) is 17.7 Å². The fourth-order valence-electron chi connectivity index (χ4n) is 2.41. The molecule has 0 radical (unpaired) electrons. The Labute approximate surface area is 125 Å². The molecule has 0 aliphatic carbocycles. The number of anilines is 2. The van der Waals surface area contributed by atoms with E-state index in [0.29, 0.717) is 5.69 Å². The molecule has 2 rings (SSSR count). The van der Waals surface area contributed by atoms with Crippen LogP contribution in [0.5, 0.6) is 0 Å². The number of likely N-dealkylation sites (N-methyl/N-ethyl adjacent to an activating group) is 1. The standard InChI is InChI=1S/C16H22N4O/c1-10-6-7-14(11(2)8-10)19(5)15(21)9-20-13(4)16(17)12(3)18-20/h6-8H,9,17H2,1-5H3. The highest BCUT2D eigenvalue weighted by molar-refractivity contribution is 5.93. The Bertz CT molecular complexity index is 688. The van der Waals surface area contributed by atoms with Crippen LogP contribution in [-0.4, -0.2) is 22.7 Å². The molecule has 21 heavy (non-hydrogen) atoms. The van der Waals surface area contributed by atoms with Crippen LogP contribution in [0, 0.1) is 27.7 Å². The summed E-state index contributed by atoms with van der Waals surface area (Å²) < 4.78 is 1.66. The summed E-state index contributed by atoms with van der Waals surface area (Å²) >= 11 is 0. The van der Waals surface area contributed by atoms with Gasteiger partial charge in [0.1, 0.15) is 6.54 Å². The number of aromatic nitrogens is 2. The van der Waals surface area contributed by atoms with E-state index in [-0.39, 0.29) is 12.5 Å². The average molecular weight is 286 g/mol. The number of hydrogen-bond acceptors (Lipinski definition) is 3. The molecule has 1 aromatic carbocycles. The van der Waals surface area contributed by atoms with Gasteiger partial charge in [-0.25, -0.2) is 0 Å². The molecule has 112 valence electrons. The van der Waals surface area contributed by atoms with Crippen molar-refractivity contribution in [2.24, 2.45) is 0 Å². The topological polar surface area (TPSA) is 64.2 Å². The summed E-state index contributed by atoms with van der Waals surface area (Å²) in [4.78, 5) is 14.1. The van der Waals surface area contributed by atoms with Gasteiger partial charge in [0.15, 0.2) is 0 Å². The van der Waals surface area contributed by atoms with E-state index >= 15 is 0 Å². The van der Waals surface area contributed by atoms with Crippen LogP contribution in [-0.2, 0) is 11.3 Å². The number of nitrogens with two attached hydrogens (primary N) is 1. The van der Waals surface area contributed by atoms with Crippen LogP contribution in [0.2, 0.25) is 0 Å². The monoisotopic (exact) mass is 286 g/mol. The van der Waals surface area contributed by atoms with Crippen LogP contribution in [0.4, 0.5) is 11.4 Å².